The Bertz CT molecular complexity index is 259. The molecule has 0 saturated heterocycles. The van der Waals surface area contributed by atoms with Gasteiger partial charge in [-0.15, -0.1) is 0 Å². The van der Waals surface area contributed by atoms with Gasteiger partial charge in [0.2, 0.25) is 0 Å². The number of aliphatic hydroxyl groups excluding tert-OH is 1. The molecule has 0 aromatic carbocycles. The van der Waals surface area contributed by atoms with Crippen LogP contribution in [0, 0.1) is 0 Å². The molecular formula is C12H22O3Si. The van der Waals surface area contributed by atoms with E-state index in [9.17, 15) is 9.90 Å². The summed E-state index contributed by atoms with van der Waals surface area (Å²) in [7, 11) is -1.66. The lowest BCUT2D eigenvalue weighted by Crippen LogP contribution is -2.35. The van der Waals surface area contributed by atoms with Gasteiger partial charge in [0.25, 0.3) is 0 Å². The van der Waals surface area contributed by atoms with Crippen LogP contribution in [0.3, 0.4) is 0 Å². The van der Waals surface area contributed by atoms with Gasteiger partial charge in [-0.1, -0.05) is 44.3 Å². The van der Waals surface area contributed by atoms with Crippen LogP contribution in [0.25, 0.3) is 0 Å². The van der Waals surface area contributed by atoms with Crippen LogP contribution < -0.4 is 0 Å². The molecule has 0 atom stereocenters. The zero-order valence-electron chi connectivity index (χ0n) is 10.5. The maximum Gasteiger partial charge on any atom is 0.333 e. The van der Waals surface area contributed by atoms with Crippen molar-refractivity contribution in [1.29, 1.82) is 0 Å². The fraction of sp³-hybridized carbons (Fsp3) is 0.583. The van der Waals surface area contributed by atoms with E-state index in [1.165, 1.54) is 0 Å². The third-order valence-electron chi connectivity index (χ3n) is 2.85. The van der Waals surface area contributed by atoms with Crippen LogP contribution >= 0.6 is 0 Å². The number of carbonyl (C=O) groups is 1. The Kier molecular flexibility index (Phi) is 7.00. The molecule has 0 saturated carbocycles. The van der Waals surface area contributed by atoms with E-state index in [1.54, 1.807) is 6.92 Å². The minimum Gasteiger partial charge on any atom is -0.458 e. The Morgan fingerprint density at radius 2 is 2.00 bits per heavy atom. The highest BCUT2D eigenvalue weighted by Gasteiger charge is 2.24. The zero-order chi connectivity index (χ0) is 12.6. The Balaban J connectivity index is 4.17. The largest absolute Gasteiger partial charge is 0.458 e. The lowest BCUT2D eigenvalue weighted by atomic mass is 10.4. The quantitative estimate of drug-likeness (QED) is 0.423. The highest BCUT2D eigenvalue weighted by atomic mass is 28.3. The molecule has 0 radical (unpaired) electrons. The fourth-order valence-electron chi connectivity index (χ4n) is 1.31. The summed E-state index contributed by atoms with van der Waals surface area (Å²) in [5, 5.41) is 9.36. The first-order chi connectivity index (χ1) is 7.51. The number of carbonyl (C=O) groups excluding carboxylic acids is 1. The highest BCUT2D eigenvalue weighted by Crippen LogP contribution is 2.15. The minimum absolute atomic E-state index is 0.255. The van der Waals surface area contributed by atoms with Crippen molar-refractivity contribution in [3.63, 3.8) is 0 Å². The average Bonchev–Trinajstić information content (AvgIpc) is 2.30. The van der Waals surface area contributed by atoms with Gasteiger partial charge >= 0.3 is 5.97 Å². The molecule has 0 aliphatic carbocycles. The summed E-state index contributed by atoms with van der Waals surface area (Å²) in [4.78, 5) is 11.1. The number of ether oxygens (including phenoxy) is 1. The molecule has 0 bridgehead atoms. The fourth-order valence-corrected chi connectivity index (χ4v) is 3.43. The van der Waals surface area contributed by atoms with Crippen molar-refractivity contribution < 1.29 is 14.6 Å². The van der Waals surface area contributed by atoms with Gasteiger partial charge in [0.1, 0.15) is 14.7 Å². The Labute approximate surface area is 98.8 Å². The first-order valence-electron chi connectivity index (χ1n) is 5.62. The second-order valence-corrected chi connectivity index (χ2v) is 8.80. The number of esters is 1. The van der Waals surface area contributed by atoms with Gasteiger partial charge in [-0.25, -0.2) is 4.79 Å². The van der Waals surface area contributed by atoms with Gasteiger partial charge in [0.05, 0.1) is 0 Å². The molecule has 0 rings (SSSR count). The number of hydrogen-bond donors (Lipinski definition) is 1. The summed E-state index contributed by atoms with van der Waals surface area (Å²) in [5.74, 6) is -0.367. The second kappa shape index (κ2) is 7.41. The van der Waals surface area contributed by atoms with E-state index >= 15 is 0 Å². The summed E-state index contributed by atoms with van der Waals surface area (Å²) >= 11 is 0. The third-order valence-corrected chi connectivity index (χ3v) is 7.24. The molecule has 3 nitrogen and oxygen atoms in total. The van der Waals surface area contributed by atoms with Crippen LogP contribution in [-0.2, 0) is 9.53 Å². The molecule has 0 spiro atoms. The number of aliphatic hydroxyl groups is 1. The minimum atomic E-state index is -1.66. The van der Waals surface area contributed by atoms with Gasteiger partial charge in [-0.3, -0.25) is 0 Å². The standard InChI is InChI=1S/C12H22O3Si/c1-5-16(6-2,10-13)9-7-8-15-12(14)11(3)4/h7,9,13H,3,5-6,8,10H2,1-2,4H3. The van der Waals surface area contributed by atoms with Crippen LogP contribution in [0.4, 0.5) is 0 Å². The van der Waals surface area contributed by atoms with Crippen molar-refractivity contribution in [1.82, 2.24) is 0 Å². The lowest BCUT2D eigenvalue weighted by molar-refractivity contribution is -0.137. The number of rotatable bonds is 7. The zero-order valence-corrected chi connectivity index (χ0v) is 11.5. The van der Waals surface area contributed by atoms with Crippen molar-refractivity contribution in [2.75, 3.05) is 12.8 Å². The number of hydrogen-bond acceptors (Lipinski definition) is 3. The summed E-state index contributed by atoms with van der Waals surface area (Å²) in [6.07, 6.45) is 2.10. The molecule has 0 aliphatic heterocycles. The predicted molar refractivity (Wildman–Crippen MR) is 68.7 cm³/mol. The van der Waals surface area contributed by atoms with E-state index in [1.807, 2.05) is 6.08 Å². The Morgan fingerprint density at radius 1 is 1.44 bits per heavy atom. The van der Waals surface area contributed by atoms with Gasteiger partial charge < -0.3 is 9.84 Å². The molecular weight excluding hydrogens is 220 g/mol. The van der Waals surface area contributed by atoms with E-state index in [0.717, 1.165) is 12.1 Å². The van der Waals surface area contributed by atoms with Crippen LogP contribution in [-0.4, -0.2) is 32.0 Å². The van der Waals surface area contributed by atoms with E-state index in [0.29, 0.717) is 5.57 Å². The van der Waals surface area contributed by atoms with Gasteiger partial charge in [0.15, 0.2) is 0 Å². The van der Waals surface area contributed by atoms with Crippen molar-refractivity contribution in [2.24, 2.45) is 0 Å². The monoisotopic (exact) mass is 242 g/mol. The van der Waals surface area contributed by atoms with Gasteiger partial charge in [0, 0.05) is 11.8 Å². The molecule has 92 valence electrons. The maximum absolute atomic E-state index is 11.1. The molecule has 0 unspecified atom stereocenters. The normalized spacial score (nSPS) is 11.8. The lowest BCUT2D eigenvalue weighted by Gasteiger charge is -2.22. The smallest absolute Gasteiger partial charge is 0.333 e. The van der Waals surface area contributed by atoms with Crippen LogP contribution in [0.2, 0.25) is 12.1 Å². The molecule has 16 heavy (non-hydrogen) atoms. The van der Waals surface area contributed by atoms with Crippen LogP contribution in [0.5, 0.6) is 0 Å². The SMILES string of the molecule is C=C(C)C(=O)OCC=C[Si](CC)(CC)CO. The van der Waals surface area contributed by atoms with E-state index in [4.69, 9.17) is 4.74 Å². The molecule has 0 heterocycles. The summed E-state index contributed by atoms with van der Waals surface area (Å²) in [6.45, 7) is 9.57. The van der Waals surface area contributed by atoms with Crippen LogP contribution in [0.15, 0.2) is 23.9 Å². The molecule has 0 fully saturated rings. The van der Waals surface area contributed by atoms with E-state index < -0.39 is 8.07 Å². The van der Waals surface area contributed by atoms with Crippen molar-refractivity contribution in [2.45, 2.75) is 32.9 Å². The molecule has 4 heteroatoms. The summed E-state index contributed by atoms with van der Waals surface area (Å²) in [5.41, 5.74) is 2.48. The molecule has 0 aromatic heterocycles. The van der Waals surface area contributed by atoms with E-state index in [2.05, 4.69) is 26.1 Å². The van der Waals surface area contributed by atoms with Crippen LogP contribution in [0.1, 0.15) is 20.8 Å². The van der Waals surface area contributed by atoms with Gasteiger partial charge in [-0.05, 0) is 6.92 Å². The first kappa shape index (κ1) is 15.1. The van der Waals surface area contributed by atoms with Gasteiger partial charge in [-0.2, -0.15) is 0 Å². The topological polar surface area (TPSA) is 46.5 Å². The Hall–Kier alpha value is -0.873. The van der Waals surface area contributed by atoms with Crippen molar-refractivity contribution >= 4 is 14.0 Å². The second-order valence-electron chi connectivity index (χ2n) is 4.01. The maximum atomic E-state index is 11.1. The molecule has 1 N–H and O–H groups in total. The first-order valence-corrected chi connectivity index (χ1v) is 8.32. The van der Waals surface area contributed by atoms with Crippen molar-refractivity contribution in [3.05, 3.63) is 23.9 Å². The molecule has 0 aromatic rings. The van der Waals surface area contributed by atoms with E-state index in [-0.39, 0.29) is 18.8 Å². The summed E-state index contributed by atoms with van der Waals surface area (Å²) in [6, 6.07) is 2.01. The van der Waals surface area contributed by atoms with Crippen molar-refractivity contribution in [3.8, 4) is 0 Å². The summed E-state index contributed by atoms with van der Waals surface area (Å²) < 4.78 is 4.95. The predicted octanol–water partition coefficient (Wildman–Crippen LogP) is 2.22. The Morgan fingerprint density at radius 3 is 2.38 bits per heavy atom. The molecule has 0 aliphatic rings. The highest BCUT2D eigenvalue weighted by molar-refractivity contribution is 6.84. The third kappa shape index (κ3) is 4.77. The molecule has 0 amide bonds. The average molecular weight is 242 g/mol.